The van der Waals surface area contributed by atoms with E-state index in [0.717, 1.165) is 24.0 Å². The number of hydrogen-bond donors (Lipinski definition) is 0. The Morgan fingerprint density at radius 2 is 1.72 bits per heavy atom. The van der Waals surface area contributed by atoms with Gasteiger partial charge < -0.3 is 9.42 Å². The molecular formula is C16H17ClN2O5S. The summed E-state index contributed by atoms with van der Waals surface area (Å²) in [7, 11) is -4.12. The summed E-state index contributed by atoms with van der Waals surface area (Å²) in [6.45, 7) is 2.49. The van der Waals surface area contributed by atoms with E-state index in [1.807, 2.05) is 0 Å². The molecule has 1 aromatic carbocycles. The van der Waals surface area contributed by atoms with Gasteiger partial charge in [-0.2, -0.15) is 0 Å². The number of sulfone groups is 1. The fourth-order valence-electron chi connectivity index (χ4n) is 2.86. The van der Waals surface area contributed by atoms with Crippen LogP contribution in [0.4, 0.5) is 4.79 Å². The van der Waals surface area contributed by atoms with Crippen molar-refractivity contribution >= 4 is 27.5 Å². The number of nitrogens with zero attached hydrogens (tertiary/aromatic N) is 2. The molecule has 134 valence electrons. The molecule has 2 aromatic rings. The molecule has 9 heteroatoms. The highest BCUT2D eigenvalue weighted by molar-refractivity contribution is 7.91. The van der Waals surface area contributed by atoms with Gasteiger partial charge in [-0.05, 0) is 50.5 Å². The molecule has 7 nitrogen and oxygen atoms in total. The van der Waals surface area contributed by atoms with Gasteiger partial charge in [0.2, 0.25) is 9.84 Å². The lowest BCUT2D eigenvalue weighted by Gasteiger charge is -2.26. The van der Waals surface area contributed by atoms with Crippen molar-refractivity contribution in [3.63, 3.8) is 0 Å². The molecule has 1 aliphatic heterocycles. The van der Waals surface area contributed by atoms with Crippen LogP contribution in [-0.4, -0.2) is 37.2 Å². The summed E-state index contributed by atoms with van der Waals surface area (Å²) in [6, 6.07) is 4.93. The molecule has 0 radical (unpaired) electrons. The molecule has 1 aromatic heterocycles. The Morgan fingerprint density at radius 1 is 1.12 bits per heavy atom. The van der Waals surface area contributed by atoms with Gasteiger partial charge in [-0.15, -0.1) is 4.74 Å². The van der Waals surface area contributed by atoms with Crippen LogP contribution in [0.2, 0.25) is 5.02 Å². The topological polar surface area (TPSA) is 89.6 Å². The fraction of sp³-hybridized carbons (Fsp3) is 0.375. The minimum absolute atomic E-state index is 0.0319. The molecule has 1 amide bonds. The number of piperidine rings is 1. The second-order valence-corrected chi connectivity index (χ2v) is 8.20. The minimum atomic E-state index is -4.12. The standard InChI is InChI=1S/C16H17ClN2O5S/c1-11-14(25(22,23)13-7-5-12(17)6-8-13)15(20)24-19(11)16(21)18-9-3-2-4-10-18/h5-8H,2-4,9-10H2,1H3. The van der Waals surface area contributed by atoms with Crippen LogP contribution in [0.25, 0.3) is 0 Å². The first-order valence-corrected chi connectivity index (χ1v) is 9.71. The van der Waals surface area contributed by atoms with Gasteiger partial charge in [-0.25, -0.2) is 18.0 Å². The van der Waals surface area contributed by atoms with Crippen molar-refractivity contribution < 1.29 is 17.7 Å². The molecule has 0 atom stereocenters. The number of aromatic nitrogens is 1. The van der Waals surface area contributed by atoms with Crippen molar-refractivity contribution in [3.8, 4) is 0 Å². The Kier molecular flexibility index (Phi) is 4.75. The van der Waals surface area contributed by atoms with Crippen LogP contribution < -0.4 is 5.63 Å². The van der Waals surface area contributed by atoms with Gasteiger partial charge in [0, 0.05) is 18.1 Å². The quantitative estimate of drug-likeness (QED) is 0.794. The van der Waals surface area contributed by atoms with Crippen LogP contribution >= 0.6 is 11.6 Å². The number of carbonyl (C=O) groups excluding carboxylic acids is 1. The van der Waals surface area contributed by atoms with E-state index >= 15 is 0 Å². The maximum atomic E-state index is 12.8. The van der Waals surface area contributed by atoms with E-state index in [-0.39, 0.29) is 10.6 Å². The Morgan fingerprint density at radius 3 is 2.32 bits per heavy atom. The van der Waals surface area contributed by atoms with Crippen LogP contribution in [-0.2, 0) is 9.84 Å². The lowest BCUT2D eigenvalue weighted by molar-refractivity contribution is 0.155. The highest BCUT2D eigenvalue weighted by Gasteiger charge is 2.32. The van der Waals surface area contributed by atoms with E-state index in [0.29, 0.717) is 18.1 Å². The van der Waals surface area contributed by atoms with Crippen molar-refractivity contribution in [1.82, 2.24) is 9.64 Å². The fourth-order valence-corrected chi connectivity index (χ4v) is 4.45. The van der Waals surface area contributed by atoms with E-state index in [9.17, 15) is 18.0 Å². The number of hydrogen-bond acceptors (Lipinski definition) is 5. The summed E-state index contributed by atoms with van der Waals surface area (Å²) in [5.74, 6) is 0. The lowest BCUT2D eigenvalue weighted by atomic mass is 10.1. The maximum Gasteiger partial charge on any atom is 0.377 e. The van der Waals surface area contributed by atoms with Crippen LogP contribution in [0.1, 0.15) is 25.0 Å². The van der Waals surface area contributed by atoms with Gasteiger partial charge in [0.1, 0.15) is 0 Å². The molecule has 2 heterocycles. The first kappa shape index (κ1) is 17.8. The molecule has 25 heavy (non-hydrogen) atoms. The Balaban J connectivity index is 2.03. The van der Waals surface area contributed by atoms with Crippen LogP contribution in [0.3, 0.4) is 0 Å². The lowest BCUT2D eigenvalue weighted by Crippen LogP contribution is -2.38. The monoisotopic (exact) mass is 384 g/mol. The molecule has 1 aliphatic rings. The third-order valence-corrected chi connectivity index (χ3v) is 6.33. The molecule has 1 fully saturated rings. The van der Waals surface area contributed by atoms with E-state index in [1.54, 1.807) is 4.90 Å². The first-order chi connectivity index (χ1) is 11.8. The highest BCUT2D eigenvalue weighted by Crippen LogP contribution is 2.23. The molecule has 0 bridgehead atoms. The largest absolute Gasteiger partial charge is 0.377 e. The maximum absolute atomic E-state index is 12.8. The first-order valence-electron chi connectivity index (χ1n) is 7.85. The summed E-state index contributed by atoms with van der Waals surface area (Å²) in [6.07, 6.45) is 2.77. The number of benzene rings is 1. The normalized spacial score (nSPS) is 15.4. The van der Waals surface area contributed by atoms with Crippen molar-refractivity contribution in [2.75, 3.05) is 13.1 Å². The molecular weight excluding hydrogens is 368 g/mol. The summed E-state index contributed by atoms with van der Waals surface area (Å²) >= 11 is 5.77. The minimum Gasteiger partial charge on any atom is -0.326 e. The predicted octanol–water partition coefficient (Wildman–Crippen LogP) is 2.69. The van der Waals surface area contributed by atoms with Crippen LogP contribution in [0, 0.1) is 6.92 Å². The summed E-state index contributed by atoms with van der Waals surface area (Å²) in [5.41, 5.74) is -1.09. The Hall–Kier alpha value is -2.06. The predicted molar refractivity (Wildman–Crippen MR) is 90.8 cm³/mol. The van der Waals surface area contributed by atoms with E-state index < -0.39 is 26.4 Å². The Labute approximate surface area is 149 Å². The zero-order chi connectivity index (χ0) is 18.2. The average Bonchev–Trinajstić information content (AvgIpc) is 2.90. The third-order valence-electron chi connectivity index (χ3n) is 4.19. The van der Waals surface area contributed by atoms with Crippen molar-refractivity contribution in [1.29, 1.82) is 0 Å². The van der Waals surface area contributed by atoms with Gasteiger partial charge in [-0.3, -0.25) is 0 Å². The number of likely N-dealkylation sites (tertiary alicyclic amines) is 1. The van der Waals surface area contributed by atoms with Crippen molar-refractivity contribution in [2.45, 2.75) is 36.0 Å². The second kappa shape index (κ2) is 6.68. The molecule has 3 rings (SSSR count). The van der Waals surface area contributed by atoms with Crippen LogP contribution in [0.5, 0.6) is 0 Å². The third kappa shape index (κ3) is 3.23. The molecule has 0 saturated carbocycles. The average molecular weight is 385 g/mol. The van der Waals surface area contributed by atoms with Crippen molar-refractivity contribution in [3.05, 3.63) is 45.4 Å². The van der Waals surface area contributed by atoms with Gasteiger partial charge >= 0.3 is 11.7 Å². The molecule has 0 aliphatic carbocycles. The van der Waals surface area contributed by atoms with Crippen molar-refractivity contribution in [2.24, 2.45) is 0 Å². The van der Waals surface area contributed by atoms with Gasteiger partial charge in [-0.1, -0.05) is 11.6 Å². The summed E-state index contributed by atoms with van der Waals surface area (Å²) < 4.78 is 31.2. The highest BCUT2D eigenvalue weighted by atomic mass is 35.5. The smallest absolute Gasteiger partial charge is 0.326 e. The molecule has 0 spiro atoms. The van der Waals surface area contributed by atoms with E-state index in [1.165, 1.54) is 31.2 Å². The number of carbonyl (C=O) groups is 1. The zero-order valence-electron chi connectivity index (χ0n) is 13.6. The number of amides is 1. The van der Waals surface area contributed by atoms with E-state index in [4.69, 9.17) is 16.1 Å². The zero-order valence-corrected chi connectivity index (χ0v) is 15.1. The van der Waals surface area contributed by atoms with Gasteiger partial charge in [0.15, 0.2) is 4.90 Å². The molecule has 1 saturated heterocycles. The second-order valence-electron chi connectivity index (χ2n) is 5.88. The van der Waals surface area contributed by atoms with Gasteiger partial charge in [0.05, 0.1) is 10.6 Å². The Bertz CT molecular complexity index is 953. The summed E-state index contributed by atoms with van der Waals surface area (Å²) in [4.78, 5) is 25.6. The molecule has 0 N–H and O–H groups in total. The SMILES string of the molecule is Cc1c(S(=O)(=O)c2ccc(Cl)cc2)c(=O)on1C(=O)N1CCCCC1. The number of rotatable bonds is 2. The van der Waals surface area contributed by atoms with Crippen LogP contribution in [0.15, 0.2) is 43.4 Å². The number of halogens is 1. The molecule has 0 unspecified atom stereocenters. The van der Waals surface area contributed by atoms with Gasteiger partial charge in [0.25, 0.3) is 0 Å². The summed E-state index contributed by atoms with van der Waals surface area (Å²) in [5, 5.41) is 0.376. The van der Waals surface area contributed by atoms with E-state index in [2.05, 4.69) is 0 Å².